The molecular weight excluding hydrogens is 61.9 g/mol. The number of hydrogen-bond acceptors (Lipinski definition) is 0. The zero-order valence-electron chi connectivity index (χ0n) is 3.08. The van der Waals surface area contributed by atoms with Crippen LogP contribution in [0.2, 0.25) is 0 Å². The van der Waals surface area contributed by atoms with Crippen LogP contribution in [0.25, 0.3) is 0 Å². The first-order chi connectivity index (χ1) is 2.41. The molecule has 0 rings (SSSR count). The molecule has 0 radical (unpaired) electrons. The van der Waals surface area contributed by atoms with E-state index in [9.17, 15) is 0 Å². The Morgan fingerprint density at radius 2 is 2.00 bits per heavy atom. The SMILES string of the molecule is [LiH].[Li][C]#CC#C. The van der Waals surface area contributed by atoms with E-state index in [0.29, 0.717) is 0 Å². The molecule has 0 bridgehead atoms. The summed E-state index contributed by atoms with van der Waals surface area (Å²) >= 11 is 1.71. The minimum atomic E-state index is 0. The van der Waals surface area contributed by atoms with Crippen LogP contribution < -0.4 is 0 Å². The first kappa shape index (κ1) is 9.58. The average Bonchev–Trinajstić information content (AvgIpc) is 1.41. The van der Waals surface area contributed by atoms with Crippen molar-refractivity contribution in [2.24, 2.45) is 0 Å². The molecule has 0 nitrogen and oxygen atoms in total. The summed E-state index contributed by atoms with van der Waals surface area (Å²) in [4.78, 5) is 0. The third-order valence-electron chi connectivity index (χ3n) is 0.197. The normalized spacial score (nSPS) is 2.83. The zero-order chi connectivity index (χ0) is 4.12. The Labute approximate surface area is 59.5 Å². The van der Waals surface area contributed by atoms with Gasteiger partial charge in [0.15, 0.2) is 0 Å². The van der Waals surface area contributed by atoms with E-state index in [0.717, 1.165) is 0 Å². The van der Waals surface area contributed by atoms with Crippen LogP contribution >= 0.6 is 0 Å². The number of hydrogen-bond donors (Lipinski definition) is 0. The van der Waals surface area contributed by atoms with E-state index >= 15 is 0 Å². The average molecular weight is 63.9 g/mol. The maximum absolute atomic E-state index is 4.72. The van der Waals surface area contributed by atoms with Gasteiger partial charge in [0.25, 0.3) is 0 Å². The molecule has 0 atom stereocenters. The van der Waals surface area contributed by atoms with Crippen LogP contribution in [0.5, 0.6) is 0 Å². The van der Waals surface area contributed by atoms with Gasteiger partial charge < -0.3 is 0 Å². The van der Waals surface area contributed by atoms with Crippen molar-refractivity contribution in [1.29, 1.82) is 0 Å². The summed E-state index contributed by atoms with van der Waals surface area (Å²) in [6.07, 6.45) is 4.72. The number of rotatable bonds is 0. The Kier molecular flexibility index (Phi) is 14.4. The Bertz CT molecular complexity index is 98.9. The van der Waals surface area contributed by atoms with Crippen LogP contribution in [0.3, 0.4) is 0 Å². The van der Waals surface area contributed by atoms with E-state index < -0.39 is 0 Å². The van der Waals surface area contributed by atoms with Crippen LogP contribution in [0.15, 0.2) is 0 Å². The van der Waals surface area contributed by atoms with Crippen molar-refractivity contribution in [2.75, 3.05) is 0 Å². The Balaban J connectivity index is 0. The van der Waals surface area contributed by atoms with Crippen LogP contribution in [-0.4, -0.2) is 36.6 Å². The quantitative estimate of drug-likeness (QED) is 0.253. The molecule has 0 spiro atoms. The van der Waals surface area contributed by atoms with Gasteiger partial charge in [0.1, 0.15) is 0 Å². The van der Waals surface area contributed by atoms with Gasteiger partial charge in [0.05, 0.1) is 0 Å². The molecule has 0 aliphatic heterocycles. The van der Waals surface area contributed by atoms with Crippen LogP contribution in [0.1, 0.15) is 0 Å². The summed E-state index contributed by atoms with van der Waals surface area (Å²) in [6.45, 7) is 0. The second-order valence-electron chi connectivity index (χ2n) is 0.519. The first-order valence-electron chi connectivity index (χ1n) is 1.29. The van der Waals surface area contributed by atoms with Crippen molar-refractivity contribution in [1.82, 2.24) is 0 Å². The van der Waals surface area contributed by atoms with Gasteiger partial charge in [-0.2, -0.15) is 0 Å². The second-order valence-corrected chi connectivity index (χ2v) is 0.519. The fourth-order valence-corrected chi connectivity index (χ4v) is 0.0722. The van der Waals surface area contributed by atoms with Crippen molar-refractivity contribution >= 4 is 36.6 Å². The molecule has 2 heteroatoms. The Morgan fingerprint density at radius 1 is 1.50 bits per heavy atom. The first-order valence-corrected chi connectivity index (χ1v) is 1.29. The van der Waals surface area contributed by atoms with Crippen molar-refractivity contribution in [3.05, 3.63) is 0 Å². The van der Waals surface area contributed by atoms with Gasteiger partial charge in [0, 0.05) is 0 Å². The molecule has 0 amide bonds. The second kappa shape index (κ2) is 9.01. The van der Waals surface area contributed by atoms with Crippen LogP contribution in [-0.2, 0) is 0 Å². The Morgan fingerprint density at radius 3 is 2.00 bits per heavy atom. The summed E-state index contributed by atoms with van der Waals surface area (Å²) in [5.41, 5.74) is 0. The van der Waals surface area contributed by atoms with Gasteiger partial charge >= 0.3 is 59.4 Å². The molecule has 6 heavy (non-hydrogen) atoms. The number of terminal acetylenes is 1. The third-order valence-corrected chi connectivity index (χ3v) is 0.197. The van der Waals surface area contributed by atoms with E-state index in [-0.39, 0.29) is 18.9 Å². The predicted octanol–water partition coefficient (Wildman–Crippen LogP) is -0.899. The van der Waals surface area contributed by atoms with E-state index in [4.69, 9.17) is 6.42 Å². The molecule has 0 saturated carbocycles. The molecule has 0 N–H and O–H groups in total. The maximum atomic E-state index is 4.72. The van der Waals surface area contributed by atoms with Crippen LogP contribution in [0.4, 0.5) is 0 Å². The topological polar surface area (TPSA) is 0 Å². The molecule has 0 unspecified atom stereocenters. The molecule has 0 aromatic heterocycles. The van der Waals surface area contributed by atoms with Gasteiger partial charge in [0.2, 0.25) is 0 Å². The fourth-order valence-electron chi connectivity index (χ4n) is 0.0722. The monoisotopic (exact) mass is 64.0 g/mol. The van der Waals surface area contributed by atoms with Gasteiger partial charge in [-0.3, -0.25) is 0 Å². The zero-order valence-corrected chi connectivity index (χ0v) is 3.08. The predicted molar refractivity (Wildman–Crippen MR) is 29.5 cm³/mol. The minimum absolute atomic E-state index is 0. The molecule has 0 aliphatic rings. The van der Waals surface area contributed by atoms with E-state index in [1.54, 1.807) is 17.7 Å². The van der Waals surface area contributed by atoms with Crippen molar-refractivity contribution < 1.29 is 0 Å². The molecule has 0 aromatic rings. The molecule has 0 saturated heterocycles. The van der Waals surface area contributed by atoms with Gasteiger partial charge in [-0.15, -0.1) is 0 Å². The van der Waals surface area contributed by atoms with E-state index in [1.807, 2.05) is 0 Å². The van der Waals surface area contributed by atoms with Crippen molar-refractivity contribution in [3.63, 3.8) is 0 Å². The molecule has 0 aliphatic carbocycles. The Hall–Kier alpha value is 0.315. The third kappa shape index (κ3) is 8.85. The molecule has 20 valence electrons. The van der Waals surface area contributed by atoms with Crippen molar-refractivity contribution in [3.8, 4) is 22.9 Å². The fraction of sp³-hybridized carbons (Fsp3) is 0. The summed E-state index contributed by atoms with van der Waals surface area (Å²) in [6, 6.07) is 0. The molecular formula is C4H2Li2. The van der Waals surface area contributed by atoms with Gasteiger partial charge in [-0.1, -0.05) is 0 Å². The summed E-state index contributed by atoms with van der Waals surface area (Å²) in [5, 5.41) is 0. The summed E-state index contributed by atoms with van der Waals surface area (Å²) < 4.78 is 2.53. The molecule has 0 fully saturated rings. The summed E-state index contributed by atoms with van der Waals surface area (Å²) in [5.74, 6) is 4.55. The van der Waals surface area contributed by atoms with Gasteiger partial charge in [-0.25, -0.2) is 0 Å². The summed E-state index contributed by atoms with van der Waals surface area (Å²) in [7, 11) is 0. The standard InChI is InChI=1S/C4H.2Li.H/c1-3-4-2;;;/h1H;;;. The van der Waals surface area contributed by atoms with Crippen molar-refractivity contribution in [2.45, 2.75) is 0 Å². The molecule has 0 heterocycles. The van der Waals surface area contributed by atoms with E-state index in [2.05, 4.69) is 16.4 Å². The van der Waals surface area contributed by atoms with E-state index in [1.165, 1.54) is 0 Å². The van der Waals surface area contributed by atoms with Gasteiger partial charge in [-0.05, 0) is 0 Å². The molecule has 0 aromatic carbocycles. The van der Waals surface area contributed by atoms with Crippen LogP contribution in [0, 0.1) is 22.9 Å².